The highest BCUT2D eigenvalue weighted by molar-refractivity contribution is 7.99. The smallest absolute Gasteiger partial charge is 0.309 e. The first-order valence-electron chi connectivity index (χ1n) is 5.94. The molecule has 1 atom stereocenters. The summed E-state index contributed by atoms with van der Waals surface area (Å²) in [5, 5.41) is 0. The monoisotopic (exact) mass is 302 g/mol. The number of esters is 1. The van der Waals surface area contributed by atoms with Crippen LogP contribution in [0.15, 0.2) is 34.1 Å². The normalized spacial score (nSPS) is 13.0. The van der Waals surface area contributed by atoms with Gasteiger partial charge in [-0.1, -0.05) is 6.92 Å². The van der Waals surface area contributed by atoms with E-state index in [1.165, 1.54) is 18.0 Å². The Morgan fingerprint density at radius 3 is 2.37 bits per heavy atom. The molecule has 0 saturated carbocycles. The Labute approximate surface area is 118 Å². The Bertz CT molecular complexity index is 520. The van der Waals surface area contributed by atoms with Gasteiger partial charge in [-0.15, -0.1) is 11.8 Å². The van der Waals surface area contributed by atoms with E-state index in [0.29, 0.717) is 17.3 Å². The molecule has 1 aromatic carbocycles. The van der Waals surface area contributed by atoms with Gasteiger partial charge in [0.15, 0.2) is 9.84 Å². The Hall–Kier alpha value is -1.01. The molecule has 0 amide bonds. The summed E-state index contributed by atoms with van der Waals surface area (Å²) in [4.78, 5) is 12.7. The van der Waals surface area contributed by atoms with E-state index in [1.807, 2.05) is 6.92 Å². The topological polar surface area (TPSA) is 60.4 Å². The summed E-state index contributed by atoms with van der Waals surface area (Å²) in [6.45, 7) is 3.98. The number of ether oxygens (including phenoxy) is 1. The van der Waals surface area contributed by atoms with Crippen LogP contribution in [0.5, 0.6) is 0 Å². The maximum absolute atomic E-state index is 11.4. The van der Waals surface area contributed by atoms with Gasteiger partial charge >= 0.3 is 5.97 Å². The molecule has 0 heterocycles. The molecule has 0 aliphatic rings. The maximum atomic E-state index is 11.4. The van der Waals surface area contributed by atoms with Crippen LogP contribution < -0.4 is 0 Å². The van der Waals surface area contributed by atoms with Gasteiger partial charge in [0, 0.05) is 16.9 Å². The molecule has 0 bridgehead atoms. The predicted molar refractivity (Wildman–Crippen MR) is 76.1 cm³/mol. The van der Waals surface area contributed by atoms with Crippen LogP contribution in [0.3, 0.4) is 0 Å². The van der Waals surface area contributed by atoms with E-state index < -0.39 is 9.84 Å². The molecule has 1 rings (SSSR count). The number of carbonyl (C=O) groups is 1. The van der Waals surface area contributed by atoms with E-state index in [1.54, 1.807) is 31.2 Å². The van der Waals surface area contributed by atoms with Crippen molar-refractivity contribution in [3.8, 4) is 0 Å². The van der Waals surface area contributed by atoms with Crippen LogP contribution in [0.2, 0.25) is 0 Å². The lowest BCUT2D eigenvalue weighted by Crippen LogP contribution is -2.16. The van der Waals surface area contributed by atoms with Crippen molar-refractivity contribution in [2.24, 2.45) is 5.92 Å². The number of hydrogen-bond donors (Lipinski definition) is 0. The van der Waals surface area contributed by atoms with Gasteiger partial charge < -0.3 is 4.74 Å². The second-order valence-electron chi connectivity index (χ2n) is 4.21. The summed E-state index contributed by atoms with van der Waals surface area (Å²) in [7, 11) is -3.16. The second-order valence-corrected chi connectivity index (χ2v) is 7.32. The number of benzene rings is 1. The van der Waals surface area contributed by atoms with Crippen molar-refractivity contribution in [2.45, 2.75) is 23.6 Å². The Morgan fingerprint density at radius 2 is 1.89 bits per heavy atom. The summed E-state index contributed by atoms with van der Waals surface area (Å²) >= 11 is 1.51. The number of rotatable bonds is 6. The number of sulfone groups is 1. The van der Waals surface area contributed by atoms with Gasteiger partial charge in [0.1, 0.15) is 0 Å². The second kappa shape index (κ2) is 6.96. The molecule has 6 heteroatoms. The van der Waals surface area contributed by atoms with Gasteiger partial charge in [-0.3, -0.25) is 4.79 Å². The van der Waals surface area contributed by atoms with E-state index in [0.717, 1.165) is 4.90 Å². The number of hydrogen-bond acceptors (Lipinski definition) is 5. The third-order valence-electron chi connectivity index (χ3n) is 2.44. The third kappa shape index (κ3) is 5.24. The molecule has 0 N–H and O–H groups in total. The van der Waals surface area contributed by atoms with Crippen molar-refractivity contribution in [1.82, 2.24) is 0 Å². The van der Waals surface area contributed by atoms with E-state index in [-0.39, 0.29) is 11.9 Å². The van der Waals surface area contributed by atoms with Crippen molar-refractivity contribution in [1.29, 1.82) is 0 Å². The van der Waals surface area contributed by atoms with Gasteiger partial charge in [-0.25, -0.2) is 8.42 Å². The van der Waals surface area contributed by atoms with Crippen LogP contribution in [0.4, 0.5) is 0 Å². The van der Waals surface area contributed by atoms with Gasteiger partial charge in [0.05, 0.1) is 17.4 Å². The lowest BCUT2D eigenvalue weighted by Gasteiger charge is -2.10. The fourth-order valence-corrected chi connectivity index (χ4v) is 2.89. The molecule has 106 valence electrons. The first kappa shape index (κ1) is 16.0. The first-order chi connectivity index (χ1) is 8.84. The zero-order valence-corrected chi connectivity index (χ0v) is 12.9. The Morgan fingerprint density at radius 1 is 1.32 bits per heavy atom. The van der Waals surface area contributed by atoms with Crippen LogP contribution in [0.1, 0.15) is 13.8 Å². The molecule has 1 aromatic rings. The molecule has 4 nitrogen and oxygen atoms in total. The quantitative estimate of drug-likeness (QED) is 0.596. The lowest BCUT2D eigenvalue weighted by molar-refractivity contribution is -0.146. The van der Waals surface area contributed by atoms with Crippen LogP contribution in [0.25, 0.3) is 0 Å². The SMILES string of the molecule is CCOC(=O)C(C)CSc1ccc(S(C)(=O)=O)cc1. The molecule has 0 fully saturated rings. The van der Waals surface area contributed by atoms with Crippen molar-refractivity contribution in [2.75, 3.05) is 18.6 Å². The van der Waals surface area contributed by atoms with Crippen LogP contribution >= 0.6 is 11.8 Å². The van der Waals surface area contributed by atoms with E-state index in [4.69, 9.17) is 4.74 Å². The molecule has 0 aliphatic carbocycles. The van der Waals surface area contributed by atoms with Gasteiger partial charge in [-0.05, 0) is 31.2 Å². The Balaban J connectivity index is 2.57. The number of carbonyl (C=O) groups excluding carboxylic acids is 1. The zero-order chi connectivity index (χ0) is 14.5. The molecule has 0 aliphatic heterocycles. The molecule has 0 spiro atoms. The molecule has 0 radical (unpaired) electrons. The first-order valence-corrected chi connectivity index (χ1v) is 8.82. The zero-order valence-electron chi connectivity index (χ0n) is 11.3. The minimum Gasteiger partial charge on any atom is -0.466 e. The lowest BCUT2D eigenvalue weighted by atomic mass is 10.2. The summed E-state index contributed by atoms with van der Waals surface area (Å²) in [6.07, 6.45) is 1.18. The fraction of sp³-hybridized carbons (Fsp3) is 0.462. The molecule has 0 aromatic heterocycles. The predicted octanol–water partition coefficient (Wildman–Crippen LogP) is 2.38. The van der Waals surface area contributed by atoms with Gasteiger partial charge in [0.25, 0.3) is 0 Å². The highest BCUT2D eigenvalue weighted by Gasteiger charge is 2.14. The van der Waals surface area contributed by atoms with Crippen LogP contribution in [-0.2, 0) is 19.4 Å². The fourth-order valence-electron chi connectivity index (χ4n) is 1.36. The van der Waals surface area contributed by atoms with E-state index in [9.17, 15) is 13.2 Å². The summed E-state index contributed by atoms with van der Waals surface area (Å²) in [6, 6.07) is 6.65. The van der Waals surface area contributed by atoms with Crippen molar-refractivity contribution >= 4 is 27.6 Å². The third-order valence-corrected chi connectivity index (χ3v) is 4.84. The number of thioether (sulfide) groups is 1. The van der Waals surface area contributed by atoms with Crippen molar-refractivity contribution < 1.29 is 17.9 Å². The molecular formula is C13H18O4S2. The van der Waals surface area contributed by atoms with Gasteiger partial charge in [0.2, 0.25) is 0 Å². The molecule has 19 heavy (non-hydrogen) atoms. The van der Waals surface area contributed by atoms with Gasteiger partial charge in [-0.2, -0.15) is 0 Å². The summed E-state index contributed by atoms with van der Waals surface area (Å²) in [5.74, 6) is 0.221. The minimum absolute atomic E-state index is 0.181. The van der Waals surface area contributed by atoms with Crippen LogP contribution in [-0.4, -0.2) is 33.0 Å². The molecular weight excluding hydrogens is 284 g/mol. The van der Waals surface area contributed by atoms with E-state index >= 15 is 0 Å². The van der Waals surface area contributed by atoms with Crippen molar-refractivity contribution in [3.63, 3.8) is 0 Å². The molecule has 1 unspecified atom stereocenters. The summed E-state index contributed by atoms with van der Waals surface area (Å²) in [5.41, 5.74) is 0. The maximum Gasteiger partial charge on any atom is 0.309 e. The highest BCUT2D eigenvalue weighted by Crippen LogP contribution is 2.22. The largest absolute Gasteiger partial charge is 0.466 e. The standard InChI is InChI=1S/C13H18O4S2/c1-4-17-13(14)10(2)9-18-11-5-7-12(8-6-11)19(3,15)16/h5-8,10H,4,9H2,1-3H3. The van der Waals surface area contributed by atoms with Crippen molar-refractivity contribution in [3.05, 3.63) is 24.3 Å². The highest BCUT2D eigenvalue weighted by atomic mass is 32.2. The molecule has 0 saturated heterocycles. The summed E-state index contributed by atoms with van der Waals surface area (Å²) < 4.78 is 27.5. The Kier molecular flexibility index (Phi) is 5.87. The average molecular weight is 302 g/mol. The van der Waals surface area contributed by atoms with Crippen LogP contribution in [0, 0.1) is 5.92 Å². The van der Waals surface area contributed by atoms with E-state index in [2.05, 4.69) is 0 Å². The average Bonchev–Trinajstić information content (AvgIpc) is 2.35. The minimum atomic E-state index is -3.16.